The summed E-state index contributed by atoms with van der Waals surface area (Å²) in [5.74, 6) is -0.129. The quantitative estimate of drug-likeness (QED) is 0.875. The minimum atomic E-state index is -0.129. The fraction of sp³-hybridized carbons (Fsp3) is 0.286. The molecule has 1 aromatic carbocycles. The number of nitrogens with one attached hydrogen (secondary N) is 1. The zero-order valence-electron chi connectivity index (χ0n) is 10.8. The molecule has 100 valence electrons. The molecule has 0 fully saturated rings. The van der Waals surface area contributed by atoms with Gasteiger partial charge in [-0.1, -0.05) is 24.3 Å². The van der Waals surface area contributed by atoms with Crippen molar-refractivity contribution in [3.63, 3.8) is 0 Å². The predicted octanol–water partition coefficient (Wildman–Crippen LogP) is 1.88. The normalized spacial score (nSPS) is 10.4. The maximum Gasteiger partial charge on any atom is 0.271 e. The van der Waals surface area contributed by atoms with Crippen LogP contribution in [0.25, 0.3) is 0 Å². The number of aryl methyl sites for hydroxylation is 1. The number of rotatable bonds is 5. The summed E-state index contributed by atoms with van der Waals surface area (Å²) >= 11 is 1.48. The highest BCUT2D eigenvalue weighted by Gasteiger charge is 2.08. The highest BCUT2D eigenvalue weighted by atomic mass is 32.1. The molecule has 0 unspecified atom stereocenters. The van der Waals surface area contributed by atoms with Gasteiger partial charge < -0.3 is 11.1 Å². The van der Waals surface area contributed by atoms with E-state index >= 15 is 0 Å². The minimum absolute atomic E-state index is 0.129. The number of amides is 1. The van der Waals surface area contributed by atoms with Gasteiger partial charge in [-0.3, -0.25) is 4.79 Å². The molecule has 2 aromatic rings. The lowest BCUT2D eigenvalue weighted by Crippen LogP contribution is -2.23. The van der Waals surface area contributed by atoms with E-state index in [1.54, 1.807) is 5.38 Å². The van der Waals surface area contributed by atoms with E-state index in [2.05, 4.69) is 10.3 Å². The SMILES string of the molecule is Cc1nc(C(=O)NCc2ccc(CCN)cc2)cs1. The Morgan fingerprint density at radius 1 is 1.32 bits per heavy atom. The zero-order chi connectivity index (χ0) is 13.7. The number of hydrogen-bond donors (Lipinski definition) is 2. The van der Waals surface area contributed by atoms with Gasteiger partial charge in [-0.05, 0) is 31.0 Å². The maximum absolute atomic E-state index is 11.8. The number of benzene rings is 1. The number of nitrogens with zero attached hydrogens (tertiary/aromatic N) is 1. The van der Waals surface area contributed by atoms with Gasteiger partial charge in [0.25, 0.3) is 5.91 Å². The van der Waals surface area contributed by atoms with Gasteiger partial charge in [0.1, 0.15) is 5.69 Å². The van der Waals surface area contributed by atoms with Crippen molar-refractivity contribution in [3.8, 4) is 0 Å². The molecular formula is C14H17N3OS. The largest absolute Gasteiger partial charge is 0.347 e. The Morgan fingerprint density at radius 3 is 2.58 bits per heavy atom. The van der Waals surface area contributed by atoms with Crippen molar-refractivity contribution in [1.29, 1.82) is 0 Å². The van der Waals surface area contributed by atoms with E-state index in [-0.39, 0.29) is 5.91 Å². The first kappa shape index (κ1) is 13.7. The Morgan fingerprint density at radius 2 is 2.00 bits per heavy atom. The summed E-state index contributed by atoms with van der Waals surface area (Å²) < 4.78 is 0. The van der Waals surface area contributed by atoms with Gasteiger partial charge in [-0.15, -0.1) is 11.3 Å². The van der Waals surface area contributed by atoms with Gasteiger partial charge in [0, 0.05) is 11.9 Å². The zero-order valence-corrected chi connectivity index (χ0v) is 11.7. The average molecular weight is 275 g/mol. The smallest absolute Gasteiger partial charge is 0.271 e. The van der Waals surface area contributed by atoms with Crippen molar-refractivity contribution < 1.29 is 4.79 Å². The van der Waals surface area contributed by atoms with Crippen LogP contribution in [-0.2, 0) is 13.0 Å². The summed E-state index contributed by atoms with van der Waals surface area (Å²) in [6.07, 6.45) is 0.880. The van der Waals surface area contributed by atoms with Crippen molar-refractivity contribution in [2.24, 2.45) is 5.73 Å². The number of carbonyl (C=O) groups excluding carboxylic acids is 1. The second-order valence-corrected chi connectivity index (χ2v) is 5.35. The first-order valence-corrected chi connectivity index (χ1v) is 7.05. The molecule has 1 aromatic heterocycles. The molecule has 3 N–H and O–H groups in total. The second-order valence-electron chi connectivity index (χ2n) is 4.29. The summed E-state index contributed by atoms with van der Waals surface area (Å²) in [6, 6.07) is 8.11. The van der Waals surface area contributed by atoms with Crippen molar-refractivity contribution in [3.05, 3.63) is 51.5 Å². The fourth-order valence-electron chi connectivity index (χ4n) is 1.73. The summed E-state index contributed by atoms with van der Waals surface area (Å²) in [6.45, 7) is 3.05. The molecule has 1 heterocycles. The van der Waals surface area contributed by atoms with E-state index in [0.29, 0.717) is 18.8 Å². The third-order valence-corrected chi connectivity index (χ3v) is 3.53. The van der Waals surface area contributed by atoms with Crippen LogP contribution in [0.15, 0.2) is 29.6 Å². The number of thiazole rings is 1. The van der Waals surface area contributed by atoms with Crippen LogP contribution < -0.4 is 11.1 Å². The van der Waals surface area contributed by atoms with Gasteiger partial charge in [0.2, 0.25) is 0 Å². The Hall–Kier alpha value is -1.72. The molecule has 0 saturated carbocycles. The lowest BCUT2D eigenvalue weighted by molar-refractivity contribution is 0.0946. The topological polar surface area (TPSA) is 68.0 Å². The molecule has 2 rings (SSSR count). The number of aromatic nitrogens is 1. The van der Waals surface area contributed by atoms with Crippen LogP contribution in [0.3, 0.4) is 0 Å². The third kappa shape index (κ3) is 3.87. The van der Waals surface area contributed by atoms with Gasteiger partial charge in [-0.2, -0.15) is 0 Å². The lowest BCUT2D eigenvalue weighted by atomic mass is 10.1. The fourth-order valence-corrected chi connectivity index (χ4v) is 2.32. The molecule has 5 heteroatoms. The van der Waals surface area contributed by atoms with Gasteiger partial charge in [-0.25, -0.2) is 4.98 Å². The van der Waals surface area contributed by atoms with Crippen molar-refractivity contribution in [2.45, 2.75) is 19.9 Å². The Labute approximate surface area is 116 Å². The van der Waals surface area contributed by atoms with Crippen LogP contribution in [0.4, 0.5) is 0 Å². The van der Waals surface area contributed by atoms with Crippen LogP contribution in [0.5, 0.6) is 0 Å². The second kappa shape index (κ2) is 6.45. The first-order chi connectivity index (χ1) is 9.19. The lowest BCUT2D eigenvalue weighted by Gasteiger charge is -2.05. The van der Waals surface area contributed by atoms with Crippen molar-refractivity contribution >= 4 is 17.2 Å². The Kier molecular flexibility index (Phi) is 4.65. The highest BCUT2D eigenvalue weighted by Crippen LogP contribution is 2.08. The summed E-state index contributed by atoms with van der Waals surface area (Å²) in [4.78, 5) is 16.0. The van der Waals surface area contributed by atoms with Crippen molar-refractivity contribution in [1.82, 2.24) is 10.3 Å². The molecule has 0 bridgehead atoms. The monoisotopic (exact) mass is 275 g/mol. The van der Waals surface area contributed by atoms with Crippen LogP contribution >= 0.6 is 11.3 Å². The summed E-state index contributed by atoms with van der Waals surface area (Å²) in [7, 11) is 0. The summed E-state index contributed by atoms with van der Waals surface area (Å²) in [5.41, 5.74) is 8.27. The number of nitrogens with two attached hydrogens (primary N) is 1. The van der Waals surface area contributed by atoms with E-state index in [0.717, 1.165) is 17.0 Å². The van der Waals surface area contributed by atoms with Crippen LogP contribution in [0, 0.1) is 6.92 Å². The number of carbonyl (C=O) groups is 1. The molecule has 0 atom stereocenters. The Bertz CT molecular complexity index is 548. The van der Waals surface area contributed by atoms with Gasteiger partial charge >= 0.3 is 0 Å². The van der Waals surface area contributed by atoms with Gasteiger partial charge in [0.15, 0.2) is 0 Å². The van der Waals surface area contributed by atoms with E-state index in [9.17, 15) is 4.79 Å². The standard InChI is InChI=1S/C14H17N3OS/c1-10-17-13(9-19-10)14(18)16-8-12-4-2-11(3-5-12)6-7-15/h2-5,9H,6-8,15H2,1H3,(H,16,18). The predicted molar refractivity (Wildman–Crippen MR) is 77.2 cm³/mol. The van der Waals surface area contributed by atoms with Crippen molar-refractivity contribution in [2.75, 3.05) is 6.54 Å². The molecule has 0 aliphatic rings. The van der Waals surface area contributed by atoms with Crippen LogP contribution in [0.1, 0.15) is 26.6 Å². The molecule has 0 saturated heterocycles. The Balaban J connectivity index is 1.89. The van der Waals surface area contributed by atoms with Crippen LogP contribution in [0.2, 0.25) is 0 Å². The molecule has 0 radical (unpaired) electrons. The number of hydrogen-bond acceptors (Lipinski definition) is 4. The van der Waals surface area contributed by atoms with Gasteiger partial charge in [0.05, 0.1) is 5.01 Å². The molecule has 19 heavy (non-hydrogen) atoms. The third-order valence-electron chi connectivity index (χ3n) is 2.76. The van der Waals surface area contributed by atoms with E-state index in [1.165, 1.54) is 16.9 Å². The molecule has 1 amide bonds. The molecule has 0 aliphatic carbocycles. The maximum atomic E-state index is 11.8. The molecule has 0 spiro atoms. The minimum Gasteiger partial charge on any atom is -0.347 e. The van der Waals surface area contributed by atoms with E-state index in [1.807, 2.05) is 31.2 Å². The molecular weight excluding hydrogens is 258 g/mol. The first-order valence-electron chi connectivity index (χ1n) is 6.17. The highest BCUT2D eigenvalue weighted by molar-refractivity contribution is 7.09. The summed E-state index contributed by atoms with van der Waals surface area (Å²) in [5, 5.41) is 5.53. The van der Waals surface area contributed by atoms with Crippen LogP contribution in [-0.4, -0.2) is 17.4 Å². The molecule has 4 nitrogen and oxygen atoms in total. The van der Waals surface area contributed by atoms with E-state index in [4.69, 9.17) is 5.73 Å². The van der Waals surface area contributed by atoms with E-state index < -0.39 is 0 Å². The molecule has 0 aliphatic heterocycles. The average Bonchev–Trinajstić information content (AvgIpc) is 2.85.